The summed E-state index contributed by atoms with van der Waals surface area (Å²) in [5, 5.41) is 0. The van der Waals surface area contributed by atoms with Gasteiger partial charge in [-0.15, -0.1) is 0 Å². The largest absolute Gasteiger partial charge is 0.327 e. The molecule has 1 heterocycles. The Bertz CT molecular complexity index is 323. The van der Waals surface area contributed by atoms with Crippen LogP contribution in [-0.2, 0) is 6.54 Å². The molecule has 2 nitrogen and oxygen atoms in total. The van der Waals surface area contributed by atoms with E-state index in [4.69, 9.17) is 5.73 Å². The molecule has 1 aliphatic heterocycles. The Labute approximate surface area is 98.4 Å². The summed E-state index contributed by atoms with van der Waals surface area (Å²) in [6, 6.07) is 11.7. The Morgan fingerprint density at radius 1 is 1.25 bits per heavy atom. The van der Waals surface area contributed by atoms with Gasteiger partial charge in [0, 0.05) is 25.2 Å². The maximum Gasteiger partial charge on any atom is 0.0236 e. The Hall–Kier alpha value is -0.860. The first-order valence-electron chi connectivity index (χ1n) is 6.22. The molecule has 3 atom stereocenters. The first-order valence-corrected chi connectivity index (χ1v) is 6.22. The number of hydrogen-bond acceptors (Lipinski definition) is 2. The lowest BCUT2D eigenvalue weighted by atomic mass is 9.87. The monoisotopic (exact) mass is 218 g/mol. The first kappa shape index (κ1) is 11.6. The summed E-state index contributed by atoms with van der Waals surface area (Å²) >= 11 is 0. The normalized spacial score (nSPS) is 31.6. The standard InChI is InChI=1S/C14H22N2/c1-11-12(2)16(9-8-14(11)15)10-13-6-4-3-5-7-13/h3-7,11-12,14H,8-10,15H2,1-2H3/t11-,12+,14+/m0/s1. The van der Waals surface area contributed by atoms with Gasteiger partial charge in [-0.05, 0) is 24.8 Å². The quantitative estimate of drug-likeness (QED) is 0.825. The van der Waals surface area contributed by atoms with Crippen molar-refractivity contribution in [1.29, 1.82) is 0 Å². The number of nitrogens with zero attached hydrogens (tertiary/aromatic N) is 1. The summed E-state index contributed by atoms with van der Waals surface area (Å²) in [6.07, 6.45) is 1.12. The van der Waals surface area contributed by atoms with Gasteiger partial charge in [0.25, 0.3) is 0 Å². The molecule has 1 aliphatic rings. The van der Waals surface area contributed by atoms with Crippen molar-refractivity contribution in [2.45, 2.75) is 38.9 Å². The van der Waals surface area contributed by atoms with Crippen LogP contribution in [0.4, 0.5) is 0 Å². The number of hydrogen-bond donors (Lipinski definition) is 1. The SMILES string of the molecule is C[C@@H]1[C@H](N)CCN(Cc2ccccc2)[C@@H]1C. The molecule has 0 aliphatic carbocycles. The van der Waals surface area contributed by atoms with Crippen LogP contribution in [0.25, 0.3) is 0 Å². The molecular formula is C14H22N2. The van der Waals surface area contributed by atoms with Crippen LogP contribution in [0.3, 0.4) is 0 Å². The van der Waals surface area contributed by atoms with Gasteiger partial charge < -0.3 is 5.73 Å². The Morgan fingerprint density at radius 2 is 1.94 bits per heavy atom. The molecule has 1 aromatic carbocycles. The van der Waals surface area contributed by atoms with Crippen molar-refractivity contribution in [3.63, 3.8) is 0 Å². The lowest BCUT2D eigenvalue weighted by Crippen LogP contribution is -2.51. The fraction of sp³-hybridized carbons (Fsp3) is 0.571. The van der Waals surface area contributed by atoms with Crippen molar-refractivity contribution in [3.05, 3.63) is 35.9 Å². The van der Waals surface area contributed by atoms with E-state index in [2.05, 4.69) is 49.1 Å². The van der Waals surface area contributed by atoms with Gasteiger partial charge in [0.1, 0.15) is 0 Å². The van der Waals surface area contributed by atoms with E-state index in [-0.39, 0.29) is 0 Å². The van der Waals surface area contributed by atoms with Gasteiger partial charge in [-0.1, -0.05) is 37.3 Å². The second kappa shape index (κ2) is 4.98. The summed E-state index contributed by atoms with van der Waals surface area (Å²) in [5.41, 5.74) is 7.50. The van der Waals surface area contributed by atoms with Gasteiger partial charge in [-0.25, -0.2) is 0 Å². The number of rotatable bonds is 2. The fourth-order valence-corrected chi connectivity index (χ4v) is 2.51. The highest BCUT2D eigenvalue weighted by atomic mass is 15.2. The highest BCUT2D eigenvalue weighted by molar-refractivity contribution is 5.14. The summed E-state index contributed by atoms with van der Waals surface area (Å²) in [4.78, 5) is 2.54. The lowest BCUT2D eigenvalue weighted by molar-refractivity contribution is 0.0910. The zero-order valence-corrected chi connectivity index (χ0v) is 10.3. The van der Waals surface area contributed by atoms with E-state index in [0.29, 0.717) is 18.0 Å². The van der Waals surface area contributed by atoms with Crippen molar-refractivity contribution in [2.75, 3.05) is 6.54 Å². The molecule has 1 aromatic rings. The van der Waals surface area contributed by atoms with Crippen LogP contribution in [0.1, 0.15) is 25.8 Å². The first-order chi connectivity index (χ1) is 7.68. The van der Waals surface area contributed by atoms with Crippen molar-refractivity contribution in [3.8, 4) is 0 Å². The number of piperidine rings is 1. The Morgan fingerprint density at radius 3 is 2.62 bits per heavy atom. The van der Waals surface area contributed by atoms with E-state index in [1.54, 1.807) is 0 Å². The van der Waals surface area contributed by atoms with E-state index in [1.807, 2.05) is 0 Å². The summed E-state index contributed by atoms with van der Waals surface area (Å²) in [5.74, 6) is 0.595. The second-order valence-corrected chi connectivity index (χ2v) is 5.01. The summed E-state index contributed by atoms with van der Waals surface area (Å²) in [6.45, 7) is 6.75. The Balaban J connectivity index is 2.00. The van der Waals surface area contributed by atoms with Crippen molar-refractivity contribution in [2.24, 2.45) is 11.7 Å². The van der Waals surface area contributed by atoms with Crippen LogP contribution in [0, 0.1) is 5.92 Å². The highest BCUT2D eigenvalue weighted by Crippen LogP contribution is 2.23. The van der Waals surface area contributed by atoms with Crippen molar-refractivity contribution in [1.82, 2.24) is 4.90 Å². The minimum absolute atomic E-state index is 0.377. The molecule has 2 heteroatoms. The zero-order chi connectivity index (χ0) is 11.5. The van der Waals surface area contributed by atoms with Crippen LogP contribution in [-0.4, -0.2) is 23.5 Å². The van der Waals surface area contributed by atoms with Gasteiger partial charge >= 0.3 is 0 Å². The number of benzene rings is 1. The van der Waals surface area contributed by atoms with E-state index < -0.39 is 0 Å². The molecule has 88 valence electrons. The highest BCUT2D eigenvalue weighted by Gasteiger charge is 2.29. The molecule has 0 radical (unpaired) electrons. The van der Waals surface area contributed by atoms with E-state index in [0.717, 1.165) is 19.5 Å². The molecule has 0 saturated carbocycles. The smallest absolute Gasteiger partial charge is 0.0236 e. The van der Waals surface area contributed by atoms with Gasteiger partial charge in [0.05, 0.1) is 0 Å². The molecule has 1 fully saturated rings. The average Bonchev–Trinajstić information content (AvgIpc) is 2.31. The lowest BCUT2D eigenvalue weighted by Gasteiger charge is -2.41. The fourth-order valence-electron chi connectivity index (χ4n) is 2.51. The van der Waals surface area contributed by atoms with Crippen LogP contribution in [0.5, 0.6) is 0 Å². The van der Waals surface area contributed by atoms with Crippen LogP contribution >= 0.6 is 0 Å². The third-order valence-electron chi connectivity index (χ3n) is 3.99. The number of likely N-dealkylation sites (tertiary alicyclic amines) is 1. The van der Waals surface area contributed by atoms with Crippen LogP contribution < -0.4 is 5.73 Å². The second-order valence-electron chi connectivity index (χ2n) is 5.01. The Kier molecular flexibility index (Phi) is 3.62. The maximum absolute atomic E-state index is 6.10. The molecule has 2 rings (SSSR count). The van der Waals surface area contributed by atoms with Gasteiger partial charge in [0.15, 0.2) is 0 Å². The van der Waals surface area contributed by atoms with Crippen LogP contribution in [0.15, 0.2) is 30.3 Å². The predicted octanol–water partition coefficient (Wildman–Crippen LogP) is 2.24. The molecule has 0 spiro atoms. The predicted molar refractivity (Wildman–Crippen MR) is 68.1 cm³/mol. The van der Waals surface area contributed by atoms with Crippen LogP contribution in [0.2, 0.25) is 0 Å². The minimum atomic E-state index is 0.377. The molecule has 0 aromatic heterocycles. The summed E-state index contributed by atoms with van der Waals surface area (Å²) in [7, 11) is 0. The molecule has 0 bridgehead atoms. The molecule has 0 amide bonds. The molecular weight excluding hydrogens is 196 g/mol. The van der Waals surface area contributed by atoms with E-state index in [1.165, 1.54) is 5.56 Å². The zero-order valence-electron chi connectivity index (χ0n) is 10.3. The molecule has 1 saturated heterocycles. The maximum atomic E-state index is 6.10. The topological polar surface area (TPSA) is 29.3 Å². The van der Waals surface area contributed by atoms with Crippen molar-refractivity contribution >= 4 is 0 Å². The summed E-state index contributed by atoms with van der Waals surface area (Å²) < 4.78 is 0. The number of nitrogens with two attached hydrogens (primary N) is 1. The van der Waals surface area contributed by atoms with Crippen molar-refractivity contribution < 1.29 is 0 Å². The molecule has 2 N–H and O–H groups in total. The molecule has 0 unspecified atom stereocenters. The average molecular weight is 218 g/mol. The van der Waals surface area contributed by atoms with E-state index >= 15 is 0 Å². The van der Waals surface area contributed by atoms with Gasteiger partial charge in [-0.3, -0.25) is 4.90 Å². The minimum Gasteiger partial charge on any atom is -0.327 e. The van der Waals surface area contributed by atoms with E-state index in [9.17, 15) is 0 Å². The third kappa shape index (κ3) is 2.45. The van der Waals surface area contributed by atoms with Gasteiger partial charge in [-0.2, -0.15) is 0 Å². The van der Waals surface area contributed by atoms with Gasteiger partial charge in [0.2, 0.25) is 0 Å². The third-order valence-corrected chi connectivity index (χ3v) is 3.99. The molecule has 16 heavy (non-hydrogen) atoms.